The van der Waals surface area contributed by atoms with Gasteiger partial charge in [0.25, 0.3) is 0 Å². The van der Waals surface area contributed by atoms with Crippen molar-refractivity contribution in [3.63, 3.8) is 0 Å². The first-order valence-electron chi connectivity index (χ1n) is 4.50. The molecule has 0 radical (unpaired) electrons. The van der Waals surface area contributed by atoms with Crippen molar-refractivity contribution in [2.75, 3.05) is 0 Å². The molecule has 0 atom stereocenters. The van der Waals surface area contributed by atoms with Crippen LogP contribution in [0.4, 0.5) is 0 Å². The maximum absolute atomic E-state index is 2.34. The largest absolute Gasteiger partial charge is 0.148 e. The summed E-state index contributed by atoms with van der Waals surface area (Å²) in [5.41, 5.74) is 1.79. The Kier molecular flexibility index (Phi) is 2.62. The van der Waals surface area contributed by atoms with Crippen molar-refractivity contribution in [1.82, 2.24) is 0 Å². The van der Waals surface area contributed by atoms with Crippen molar-refractivity contribution in [2.24, 2.45) is 0 Å². The van der Waals surface area contributed by atoms with Gasteiger partial charge in [-0.3, -0.25) is 0 Å². The second-order valence-corrected chi connectivity index (χ2v) is 5.56. The Hall–Kier alpha value is -0.300. The maximum Gasteiger partial charge on any atom is 0.0102 e. The second kappa shape index (κ2) is 3.21. The first-order chi connectivity index (χ1) is 5.41. The third kappa shape index (κ3) is 2.10. The number of hydrogen-bond acceptors (Lipinski definition) is 1. The molecular formula is C11H18S. The first-order valence-corrected chi connectivity index (χ1v) is 5.38. The summed E-state index contributed by atoms with van der Waals surface area (Å²) < 4.78 is 0. The number of thiophene rings is 1. The zero-order chi connectivity index (χ0) is 9.35. The van der Waals surface area contributed by atoms with Crippen LogP contribution in [-0.2, 0) is 5.41 Å². The zero-order valence-corrected chi connectivity index (χ0v) is 9.46. The fourth-order valence-electron chi connectivity index (χ4n) is 1.05. The highest BCUT2D eigenvalue weighted by molar-refractivity contribution is 7.10. The lowest BCUT2D eigenvalue weighted by Crippen LogP contribution is -2.08. The lowest BCUT2D eigenvalue weighted by molar-refractivity contribution is 0.603. The number of rotatable bonds is 1. The molecule has 1 aromatic heterocycles. The van der Waals surface area contributed by atoms with Gasteiger partial charge in [0.05, 0.1) is 0 Å². The number of hydrogen-bond donors (Lipinski definition) is 0. The van der Waals surface area contributed by atoms with Crippen LogP contribution in [0.15, 0.2) is 11.4 Å². The zero-order valence-electron chi connectivity index (χ0n) is 8.64. The second-order valence-electron chi connectivity index (χ2n) is 4.65. The predicted molar refractivity (Wildman–Crippen MR) is 57.1 cm³/mol. The summed E-state index contributed by atoms with van der Waals surface area (Å²) >= 11 is 1.88. The van der Waals surface area contributed by atoms with Crippen LogP contribution < -0.4 is 0 Å². The minimum absolute atomic E-state index is 0.317. The van der Waals surface area contributed by atoms with Crippen molar-refractivity contribution < 1.29 is 0 Å². The van der Waals surface area contributed by atoms with Crippen LogP contribution in [-0.4, -0.2) is 0 Å². The summed E-state index contributed by atoms with van der Waals surface area (Å²) in [5, 5.41) is 2.28. The summed E-state index contributed by atoms with van der Waals surface area (Å²) in [6.07, 6.45) is 0. The van der Waals surface area contributed by atoms with Crippen molar-refractivity contribution >= 4 is 11.3 Å². The minimum Gasteiger partial charge on any atom is -0.148 e. The molecule has 1 heteroatoms. The Labute approximate surface area is 79.6 Å². The summed E-state index contributed by atoms with van der Waals surface area (Å²) in [4.78, 5) is 1.49. The normalized spacial score (nSPS) is 12.5. The van der Waals surface area contributed by atoms with E-state index in [0.717, 1.165) is 0 Å². The van der Waals surface area contributed by atoms with Gasteiger partial charge >= 0.3 is 0 Å². The molecule has 0 saturated carbocycles. The van der Waals surface area contributed by atoms with Gasteiger partial charge in [-0.1, -0.05) is 34.6 Å². The molecule has 12 heavy (non-hydrogen) atoms. The molecule has 0 fully saturated rings. The van der Waals surface area contributed by atoms with E-state index in [0.29, 0.717) is 11.3 Å². The molecule has 0 aromatic carbocycles. The molecule has 68 valence electrons. The van der Waals surface area contributed by atoms with Gasteiger partial charge in [-0.2, -0.15) is 0 Å². The molecule has 0 N–H and O–H groups in total. The van der Waals surface area contributed by atoms with Crippen LogP contribution in [0.25, 0.3) is 0 Å². The molecule has 1 heterocycles. The van der Waals surface area contributed by atoms with Crippen molar-refractivity contribution in [3.05, 3.63) is 21.9 Å². The molecule has 1 aromatic rings. The van der Waals surface area contributed by atoms with Crippen molar-refractivity contribution in [2.45, 2.75) is 46.0 Å². The van der Waals surface area contributed by atoms with Crippen LogP contribution in [0.2, 0.25) is 0 Å². The average Bonchev–Trinajstić information content (AvgIpc) is 2.30. The van der Waals surface area contributed by atoms with Crippen LogP contribution in [0.1, 0.15) is 51.0 Å². The van der Waals surface area contributed by atoms with Gasteiger partial charge in [0, 0.05) is 4.88 Å². The lowest BCUT2D eigenvalue weighted by Gasteiger charge is -2.15. The molecule has 0 aliphatic rings. The molecule has 0 aliphatic carbocycles. The van der Waals surface area contributed by atoms with E-state index in [4.69, 9.17) is 0 Å². The Morgan fingerprint density at radius 1 is 1.25 bits per heavy atom. The summed E-state index contributed by atoms with van der Waals surface area (Å²) in [6, 6.07) is 2.34. The van der Waals surface area contributed by atoms with E-state index in [1.807, 2.05) is 11.3 Å². The first kappa shape index (κ1) is 9.79. The van der Waals surface area contributed by atoms with Gasteiger partial charge in [0.15, 0.2) is 0 Å². The molecule has 0 nitrogen and oxygen atoms in total. The third-order valence-corrected chi connectivity index (χ3v) is 3.40. The van der Waals surface area contributed by atoms with Crippen molar-refractivity contribution in [3.8, 4) is 0 Å². The van der Waals surface area contributed by atoms with Gasteiger partial charge in [-0.05, 0) is 28.3 Å². The Morgan fingerprint density at radius 3 is 2.08 bits per heavy atom. The highest BCUT2D eigenvalue weighted by atomic mass is 32.1. The van der Waals surface area contributed by atoms with E-state index in [2.05, 4.69) is 46.1 Å². The summed E-state index contributed by atoms with van der Waals surface area (Å²) in [7, 11) is 0. The summed E-state index contributed by atoms with van der Waals surface area (Å²) in [5.74, 6) is 0.664. The van der Waals surface area contributed by atoms with E-state index in [-0.39, 0.29) is 0 Å². The van der Waals surface area contributed by atoms with Crippen LogP contribution in [0.3, 0.4) is 0 Å². The van der Waals surface area contributed by atoms with Crippen LogP contribution >= 0.6 is 11.3 Å². The van der Waals surface area contributed by atoms with Crippen LogP contribution in [0.5, 0.6) is 0 Å². The topological polar surface area (TPSA) is 0 Å². The Morgan fingerprint density at radius 2 is 1.83 bits per heavy atom. The summed E-state index contributed by atoms with van der Waals surface area (Å²) in [6.45, 7) is 11.3. The van der Waals surface area contributed by atoms with Gasteiger partial charge in [-0.15, -0.1) is 11.3 Å². The monoisotopic (exact) mass is 182 g/mol. The van der Waals surface area contributed by atoms with Gasteiger partial charge < -0.3 is 0 Å². The Bertz CT molecular complexity index is 250. The fourth-order valence-corrected chi connectivity index (χ4v) is 2.21. The molecule has 0 aliphatic heterocycles. The molecular weight excluding hydrogens is 164 g/mol. The van der Waals surface area contributed by atoms with Crippen LogP contribution in [0, 0.1) is 0 Å². The third-order valence-electron chi connectivity index (χ3n) is 2.03. The SMILES string of the molecule is CC(C)c1csc(C(C)(C)C)c1. The molecule has 0 bridgehead atoms. The van der Waals surface area contributed by atoms with Gasteiger partial charge in [0.2, 0.25) is 0 Å². The molecule has 0 saturated heterocycles. The minimum atomic E-state index is 0.317. The van der Waals surface area contributed by atoms with Gasteiger partial charge in [-0.25, -0.2) is 0 Å². The van der Waals surface area contributed by atoms with E-state index >= 15 is 0 Å². The van der Waals surface area contributed by atoms with E-state index in [1.54, 1.807) is 0 Å². The lowest BCUT2D eigenvalue weighted by atomic mass is 9.93. The Balaban J connectivity index is 2.92. The van der Waals surface area contributed by atoms with Crippen molar-refractivity contribution in [1.29, 1.82) is 0 Å². The predicted octanol–water partition coefficient (Wildman–Crippen LogP) is 4.17. The van der Waals surface area contributed by atoms with Gasteiger partial charge in [0.1, 0.15) is 0 Å². The quantitative estimate of drug-likeness (QED) is 0.611. The van der Waals surface area contributed by atoms with E-state index in [9.17, 15) is 0 Å². The fraction of sp³-hybridized carbons (Fsp3) is 0.636. The maximum atomic E-state index is 2.34. The average molecular weight is 182 g/mol. The molecule has 0 spiro atoms. The highest BCUT2D eigenvalue weighted by Crippen LogP contribution is 2.31. The highest BCUT2D eigenvalue weighted by Gasteiger charge is 2.16. The van der Waals surface area contributed by atoms with E-state index < -0.39 is 0 Å². The van der Waals surface area contributed by atoms with E-state index in [1.165, 1.54) is 10.4 Å². The molecule has 0 unspecified atom stereocenters. The smallest absolute Gasteiger partial charge is 0.0102 e. The standard InChI is InChI=1S/C11H18S/c1-8(2)9-6-10(12-7-9)11(3,4)5/h6-8H,1-5H3. The molecule has 0 amide bonds. The molecule has 1 rings (SSSR count).